The van der Waals surface area contributed by atoms with Crippen LogP contribution in [0.5, 0.6) is 5.75 Å². The Balaban J connectivity index is 1.25. The number of ether oxygens (including phenoxy) is 1. The van der Waals surface area contributed by atoms with Gasteiger partial charge in [-0.1, -0.05) is 23.8 Å². The van der Waals surface area contributed by atoms with Crippen LogP contribution < -0.4 is 9.64 Å². The summed E-state index contributed by atoms with van der Waals surface area (Å²) in [7, 11) is 0. The van der Waals surface area contributed by atoms with E-state index in [0.29, 0.717) is 17.9 Å². The molecule has 2 aromatic heterocycles. The van der Waals surface area contributed by atoms with E-state index >= 15 is 0 Å². The lowest BCUT2D eigenvalue weighted by atomic mass is 10.1. The van der Waals surface area contributed by atoms with E-state index in [9.17, 15) is 9.90 Å². The van der Waals surface area contributed by atoms with Crippen molar-refractivity contribution in [2.75, 3.05) is 44.2 Å². The molecule has 1 fully saturated rings. The number of carbonyl (C=O) groups excluding carboxylic acids is 1. The largest absolute Gasteiger partial charge is 0.491 e. The molecule has 2 aromatic carbocycles. The van der Waals surface area contributed by atoms with Crippen LogP contribution >= 0.6 is 0 Å². The van der Waals surface area contributed by atoms with E-state index in [2.05, 4.69) is 50.5 Å². The Labute approximate surface area is 217 Å². The maximum absolute atomic E-state index is 12.6. The second-order valence-corrected chi connectivity index (χ2v) is 9.81. The number of piperazine rings is 1. The number of hydrogen-bond donors (Lipinski definition) is 1. The van der Waals surface area contributed by atoms with Crippen molar-refractivity contribution in [1.82, 2.24) is 14.5 Å². The van der Waals surface area contributed by atoms with E-state index in [-0.39, 0.29) is 12.4 Å². The lowest BCUT2D eigenvalue weighted by molar-refractivity contribution is 0.0663. The van der Waals surface area contributed by atoms with E-state index in [0.717, 1.165) is 54.3 Å². The first-order valence-electron chi connectivity index (χ1n) is 12.8. The molecule has 0 spiro atoms. The summed E-state index contributed by atoms with van der Waals surface area (Å²) in [6.07, 6.45) is 1.21. The minimum absolute atomic E-state index is 0.0235. The number of carbonyl (C=O) groups is 1. The van der Waals surface area contributed by atoms with Crippen molar-refractivity contribution in [1.29, 1.82) is 0 Å². The predicted molar refractivity (Wildman–Crippen MR) is 147 cm³/mol. The van der Waals surface area contributed by atoms with Crippen LogP contribution in [0.15, 0.2) is 66.9 Å². The molecule has 1 atom stereocenters. The van der Waals surface area contributed by atoms with Gasteiger partial charge in [0.05, 0.1) is 5.52 Å². The highest BCUT2D eigenvalue weighted by Crippen LogP contribution is 2.32. The fourth-order valence-electron chi connectivity index (χ4n) is 5.20. The molecular formula is C30H34N4O3. The van der Waals surface area contributed by atoms with Gasteiger partial charge in [-0.2, -0.15) is 0 Å². The van der Waals surface area contributed by atoms with Crippen molar-refractivity contribution in [3.8, 4) is 11.4 Å². The molecule has 7 heteroatoms. The summed E-state index contributed by atoms with van der Waals surface area (Å²) in [6.45, 7) is 9.89. The zero-order chi connectivity index (χ0) is 25.9. The van der Waals surface area contributed by atoms with Gasteiger partial charge < -0.3 is 19.3 Å². The molecule has 1 N–H and O–H groups in total. The van der Waals surface area contributed by atoms with E-state index in [1.165, 1.54) is 5.56 Å². The maximum Gasteiger partial charge on any atom is 0.162 e. The molecule has 0 bridgehead atoms. The number of ketones is 1. The highest BCUT2D eigenvalue weighted by Gasteiger charge is 2.21. The van der Waals surface area contributed by atoms with Crippen molar-refractivity contribution >= 4 is 22.5 Å². The molecule has 0 saturated carbocycles. The third-order valence-corrected chi connectivity index (χ3v) is 7.08. The monoisotopic (exact) mass is 498 g/mol. The highest BCUT2D eigenvalue weighted by atomic mass is 16.5. The Morgan fingerprint density at radius 2 is 1.78 bits per heavy atom. The summed E-state index contributed by atoms with van der Waals surface area (Å²) in [6, 6.07) is 20.1. The van der Waals surface area contributed by atoms with Crippen LogP contribution in [0, 0.1) is 13.8 Å². The van der Waals surface area contributed by atoms with Crippen molar-refractivity contribution in [3.05, 3.63) is 83.7 Å². The molecule has 3 heterocycles. The second-order valence-electron chi connectivity index (χ2n) is 9.81. The summed E-state index contributed by atoms with van der Waals surface area (Å²) in [5.41, 5.74) is 4.78. The molecule has 37 heavy (non-hydrogen) atoms. The van der Waals surface area contributed by atoms with Crippen molar-refractivity contribution in [2.45, 2.75) is 26.9 Å². The first kappa shape index (κ1) is 25.0. The lowest BCUT2D eigenvalue weighted by Gasteiger charge is -2.36. The van der Waals surface area contributed by atoms with E-state index in [1.807, 2.05) is 49.5 Å². The number of rotatable bonds is 8. The SMILES string of the molecule is CC(=O)c1c(C)n(-c2ccc(C)cc2)c2ccc(OCC(O)CN3CCN(c4ccccn4)CC3)cc12. The Morgan fingerprint density at radius 1 is 1.03 bits per heavy atom. The molecule has 0 aliphatic carbocycles. The van der Waals surface area contributed by atoms with Crippen LogP contribution in [0.3, 0.4) is 0 Å². The summed E-state index contributed by atoms with van der Waals surface area (Å²) in [5, 5.41) is 11.5. The van der Waals surface area contributed by atoms with Crippen molar-refractivity contribution in [3.63, 3.8) is 0 Å². The first-order chi connectivity index (χ1) is 17.9. The average Bonchev–Trinajstić information content (AvgIpc) is 3.20. The third-order valence-electron chi connectivity index (χ3n) is 7.08. The van der Waals surface area contributed by atoms with Crippen molar-refractivity contribution in [2.24, 2.45) is 0 Å². The van der Waals surface area contributed by atoms with E-state index in [1.54, 1.807) is 6.92 Å². The maximum atomic E-state index is 12.6. The normalized spacial score (nSPS) is 15.2. The predicted octanol–water partition coefficient (Wildman–Crippen LogP) is 4.41. The number of aliphatic hydroxyl groups excluding tert-OH is 1. The number of nitrogens with zero attached hydrogens (tertiary/aromatic N) is 4. The van der Waals surface area contributed by atoms with Crippen LogP contribution in [0.2, 0.25) is 0 Å². The van der Waals surface area contributed by atoms with E-state index < -0.39 is 6.10 Å². The number of anilines is 1. The lowest BCUT2D eigenvalue weighted by Crippen LogP contribution is -2.49. The molecule has 5 rings (SSSR count). The zero-order valence-corrected chi connectivity index (χ0v) is 21.7. The Morgan fingerprint density at radius 3 is 2.46 bits per heavy atom. The Bertz CT molecular complexity index is 1370. The van der Waals surface area contributed by atoms with Gasteiger partial charge >= 0.3 is 0 Å². The molecule has 0 amide bonds. The molecule has 0 radical (unpaired) electrons. The molecule has 1 unspecified atom stereocenters. The molecule has 192 valence electrons. The Hall–Kier alpha value is -3.68. The number of aromatic nitrogens is 2. The van der Waals surface area contributed by atoms with Crippen molar-refractivity contribution < 1.29 is 14.6 Å². The van der Waals surface area contributed by atoms with Gasteiger partial charge in [0.1, 0.15) is 24.3 Å². The quantitative estimate of drug-likeness (QED) is 0.363. The number of Topliss-reactive ketones (excluding diaryl/α,β-unsaturated/α-hetero) is 1. The van der Waals surface area contributed by atoms with Gasteiger partial charge in [0.25, 0.3) is 0 Å². The van der Waals surface area contributed by atoms with Crippen LogP contribution in [0.25, 0.3) is 16.6 Å². The second kappa shape index (κ2) is 10.7. The average molecular weight is 499 g/mol. The molecule has 1 aliphatic heterocycles. The minimum atomic E-state index is -0.608. The molecule has 7 nitrogen and oxygen atoms in total. The first-order valence-corrected chi connectivity index (χ1v) is 12.8. The molecular weight excluding hydrogens is 464 g/mol. The number of aliphatic hydroxyl groups is 1. The summed E-state index contributed by atoms with van der Waals surface area (Å²) in [4.78, 5) is 21.5. The zero-order valence-electron chi connectivity index (χ0n) is 21.7. The Kier molecular flexibility index (Phi) is 7.26. The number of pyridine rings is 1. The van der Waals surface area contributed by atoms with Gasteiger partial charge in [-0.05, 0) is 63.2 Å². The van der Waals surface area contributed by atoms with Gasteiger partial charge in [0.15, 0.2) is 5.78 Å². The number of aryl methyl sites for hydroxylation is 1. The number of fused-ring (bicyclic) bond motifs is 1. The van der Waals surface area contributed by atoms with Gasteiger partial charge in [-0.3, -0.25) is 9.69 Å². The topological polar surface area (TPSA) is 70.8 Å². The molecule has 4 aromatic rings. The minimum Gasteiger partial charge on any atom is -0.491 e. The summed E-state index contributed by atoms with van der Waals surface area (Å²) < 4.78 is 8.12. The molecule has 1 saturated heterocycles. The number of hydrogen-bond acceptors (Lipinski definition) is 6. The standard InChI is InChI=1S/C30H34N4O3/c1-21-7-9-24(10-8-21)34-22(2)30(23(3)35)27-18-26(11-12-28(27)34)37-20-25(36)19-32-14-16-33(17-15-32)29-6-4-5-13-31-29/h4-13,18,25,36H,14-17,19-20H2,1-3H3. The number of benzene rings is 2. The van der Waals surface area contributed by atoms with Crippen LogP contribution in [0.4, 0.5) is 5.82 Å². The third kappa shape index (κ3) is 5.38. The van der Waals surface area contributed by atoms with E-state index in [4.69, 9.17) is 4.74 Å². The summed E-state index contributed by atoms with van der Waals surface area (Å²) in [5.74, 6) is 1.67. The van der Waals surface area contributed by atoms with Gasteiger partial charge in [0.2, 0.25) is 0 Å². The fraction of sp³-hybridized carbons (Fsp3) is 0.333. The molecule has 1 aliphatic rings. The number of β-amino-alcohol motifs (C(OH)–C–C–N with tert-alkyl or cyclic N) is 1. The van der Waals surface area contributed by atoms with Crippen LogP contribution in [-0.2, 0) is 0 Å². The highest BCUT2D eigenvalue weighted by molar-refractivity contribution is 6.09. The van der Waals surface area contributed by atoms with Crippen LogP contribution in [0.1, 0.15) is 28.5 Å². The summed E-state index contributed by atoms with van der Waals surface area (Å²) >= 11 is 0. The van der Waals surface area contributed by atoms with Gasteiger partial charge in [0, 0.05) is 61.3 Å². The van der Waals surface area contributed by atoms with Gasteiger partial charge in [-0.25, -0.2) is 4.98 Å². The fourth-order valence-corrected chi connectivity index (χ4v) is 5.20. The smallest absolute Gasteiger partial charge is 0.162 e. The van der Waals surface area contributed by atoms with Crippen LogP contribution in [-0.4, -0.2) is 70.8 Å². The van der Waals surface area contributed by atoms with Gasteiger partial charge in [-0.15, -0.1) is 0 Å².